The summed E-state index contributed by atoms with van der Waals surface area (Å²) in [5.41, 5.74) is 1.87. The van der Waals surface area contributed by atoms with Gasteiger partial charge in [-0.15, -0.1) is 0 Å². The molecular formula is C23H28N2O4. The number of amides is 2. The summed E-state index contributed by atoms with van der Waals surface area (Å²) in [6, 6.07) is 14.7. The van der Waals surface area contributed by atoms with Gasteiger partial charge in [-0.3, -0.25) is 9.59 Å². The molecule has 0 aliphatic rings. The lowest BCUT2D eigenvalue weighted by Crippen LogP contribution is -2.52. The Morgan fingerprint density at radius 3 is 2.21 bits per heavy atom. The number of phenolic OH excluding ortho intramolecular Hbond substituents is 1. The van der Waals surface area contributed by atoms with Gasteiger partial charge in [0.15, 0.2) is 0 Å². The molecule has 0 saturated carbocycles. The number of carbonyl (C=O) groups is 3. The van der Waals surface area contributed by atoms with Crippen LogP contribution < -0.4 is 10.6 Å². The third-order valence-corrected chi connectivity index (χ3v) is 4.63. The first-order valence-electron chi connectivity index (χ1n) is 9.76. The Bertz CT molecular complexity index is 803. The fourth-order valence-electron chi connectivity index (χ4n) is 2.97. The third kappa shape index (κ3) is 7.41. The predicted molar refractivity (Wildman–Crippen MR) is 111 cm³/mol. The van der Waals surface area contributed by atoms with Crippen molar-refractivity contribution in [2.75, 3.05) is 0 Å². The normalized spacial score (nSPS) is 12.8. The molecule has 2 aromatic rings. The second kappa shape index (κ2) is 11.0. The zero-order valence-corrected chi connectivity index (χ0v) is 16.8. The van der Waals surface area contributed by atoms with E-state index >= 15 is 0 Å². The number of phenols is 1. The quantitative estimate of drug-likeness (QED) is 0.538. The average molecular weight is 396 g/mol. The van der Waals surface area contributed by atoms with Crippen LogP contribution in [0.5, 0.6) is 5.75 Å². The van der Waals surface area contributed by atoms with Crippen LogP contribution in [0.1, 0.15) is 31.4 Å². The molecule has 2 rings (SSSR count). The number of benzene rings is 2. The van der Waals surface area contributed by atoms with Crippen LogP contribution in [0.15, 0.2) is 54.6 Å². The van der Waals surface area contributed by atoms with E-state index in [0.717, 1.165) is 17.4 Å². The lowest BCUT2D eigenvalue weighted by molar-refractivity contribution is -0.131. The highest BCUT2D eigenvalue weighted by atomic mass is 16.3. The van der Waals surface area contributed by atoms with Crippen LogP contribution in [0.3, 0.4) is 0 Å². The van der Waals surface area contributed by atoms with Gasteiger partial charge in [0.25, 0.3) is 0 Å². The van der Waals surface area contributed by atoms with Crippen molar-refractivity contribution in [3.05, 3.63) is 65.7 Å². The molecule has 0 aliphatic carbocycles. The van der Waals surface area contributed by atoms with Crippen molar-refractivity contribution in [1.29, 1.82) is 0 Å². The first-order chi connectivity index (χ1) is 13.9. The van der Waals surface area contributed by atoms with Gasteiger partial charge in [0.05, 0.1) is 6.04 Å². The Kier molecular flexibility index (Phi) is 8.40. The topological polar surface area (TPSA) is 95.5 Å². The standard InChI is InChI=1S/C23H28N2O4/c1-16(2)22(25-21(28)13-10-17-8-11-20(27)12-9-17)23(29)24-19(15-26)14-18-6-4-3-5-7-18/h3-9,11-12,15-16,19,22,27H,10,13-14H2,1-2H3,(H,24,29)(H,25,28)/t19?,22-/m0/s1. The zero-order chi connectivity index (χ0) is 21.2. The fraction of sp³-hybridized carbons (Fsp3) is 0.348. The van der Waals surface area contributed by atoms with Crippen LogP contribution in [-0.4, -0.2) is 35.3 Å². The number of hydrogen-bond donors (Lipinski definition) is 3. The molecule has 0 heterocycles. The number of aromatic hydroxyl groups is 1. The van der Waals surface area contributed by atoms with Gasteiger partial charge in [-0.2, -0.15) is 0 Å². The SMILES string of the molecule is CC(C)[C@H](NC(=O)CCc1ccc(O)cc1)C(=O)NC(C=O)Cc1ccccc1. The average Bonchev–Trinajstić information content (AvgIpc) is 2.71. The second-order valence-electron chi connectivity index (χ2n) is 7.40. The van der Waals surface area contributed by atoms with E-state index in [1.807, 2.05) is 44.2 Å². The highest BCUT2D eigenvalue weighted by Gasteiger charge is 2.26. The van der Waals surface area contributed by atoms with Crippen molar-refractivity contribution in [2.24, 2.45) is 5.92 Å². The predicted octanol–water partition coefficient (Wildman–Crippen LogP) is 2.39. The molecule has 29 heavy (non-hydrogen) atoms. The van der Waals surface area contributed by atoms with Gasteiger partial charge in [-0.05, 0) is 42.0 Å². The molecule has 1 unspecified atom stereocenters. The van der Waals surface area contributed by atoms with E-state index in [4.69, 9.17) is 0 Å². The number of aldehydes is 1. The first kappa shape index (κ1) is 22.1. The summed E-state index contributed by atoms with van der Waals surface area (Å²) in [5, 5.41) is 14.8. The van der Waals surface area contributed by atoms with Crippen molar-refractivity contribution in [3.63, 3.8) is 0 Å². The van der Waals surface area contributed by atoms with Crippen LogP contribution in [-0.2, 0) is 27.2 Å². The summed E-state index contributed by atoms with van der Waals surface area (Å²) in [5.74, 6) is -0.560. The number of nitrogens with one attached hydrogen (secondary N) is 2. The summed E-state index contributed by atoms with van der Waals surface area (Å²) in [7, 11) is 0. The lowest BCUT2D eigenvalue weighted by Gasteiger charge is -2.23. The molecule has 0 aromatic heterocycles. The first-order valence-corrected chi connectivity index (χ1v) is 9.76. The molecule has 0 bridgehead atoms. The molecule has 0 radical (unpaired) electrons. The van der Waals surface area contributed by atoms with Crippen molar-refractivity contribution in [1.82, 2.24) is 10.6 Å². The number of carbonyl (C=O) groups excluding carboxylic acids is 3. The Hall–Kier alpha value is -3.15. The van der Waals surface area contributed by atoms with E-state index in [9.17, 15) is 19.5 Å². The van der Waals surface area contributed by atoms with Gasteiger partial charge in [0.2, 0.25) is 11.8 Å². The van der Waals surface area contributed by atoms with Crippen LogP contribution in [0.4, 0.5) is 0 Å². The van der Waals surface area contributed by atoms with Crippen LogP contribution >= 0.6 is 0 Å². The molecule has 6 heteroatoms. The smallest absolute Gasteiger partial charge is 0.243 e. The minimum Gasteiger partial charge on any atom is -0.508 e. The molecule has 2 atom stereocenters. The van der Waals surface area contributed by atoms with Gasteiger partial charge < -0.3 is 20.5 Å². The molecular weight excluding hydrogens is 368 g/mol. The summed E-state index contributed by atoms with van der Waals surface area (Å²) in [6.07, 6.45) is 1.84. The van der Waals surface area contributed by atoms with E-state index in [0.29, 0.717) is 12.8 Å². The van der Waals surface area contributed by atoms with Gasteiger partial charge in [0.1, 0.15) is 18.1 Å². The van der Waals surface area contributed by atoms with Crippen molar-refractivity contribution >= 4 is 18.1 Å². The van der Waals surface area contributed by atoms with Crippen molar-refractivity contribution in [3.8, 4) is 5.75 Å². The van der Waals surface area contributed by atoms with Crippen molar-refractivity contribution in [2.45, 2.75) is 45.2 Å². The molecule has 2 amide bonds. The molecule has 0 aliphatic heterocycles. The highest BCUT2D eigenvalue weighted by Crippen LogP contribution is 2.11. The van der Waals surface area contributed by atoms with Crippen LogP contribution in [0, 0.1) is 5.92 Å². The van der Waals surface area contributed by atoms with E-state index in [2.05, 4.69) is 10.6 Å². The maximum atomic E-state index is 12.7. The molecule has 2 aromatic carbocycles. The molecule has 0 spiro atoms. The number of rotatable bonds is 10. The van der Waals surface area contributed by atoms with Gasteiger partial charge >= 0.3 is 0 Å². The summed E-state index contributed by atoms with van der Waals surface area (Å²) < 4.78 is 0. The Morgan fingerprint density at radius 1 is 0.966 bits per heavy atom. The lowest BCUT2D eigenvalue weighted by atomic mass is 10.0. The van der Waals surface area contributed by atoms with Crippen molar-refractivity contribution < 1.29 is 19.5 Å². The molecule has 3 N–H and O–H groups in total. The van der Waals surface area contributed by atoms with Crippen LogP contribution in [0.2, 0.25) is 0 Å². The van der Waals surface area contributed by atoms with Gasteiger partial charge in [-0.1, -0.05) is 56.3 Å². The van der Waals surface area contributed by atoms with E-state index < -0.39 is 12.1 Å². The molecule has 0 saturated heterocycles. The maximum Gasteiger partial charge on any atom is 0.243 e. The monoisotopic (exact) mass is 396 g/mol. The van der Waals surface area contributed by atoms with Gasteiger partial charge in [-0.25, -0.2) is 0 Å². The van der Waals surface area contributed by atoms with E-state index in [1.54, 1.807) is 24.3 Å². The second-order valence-corrected chi connectivity index (χ2v) is 7.40. The minimum absolute atomic E-state index is 0.128. The van der Waals surface area contributed by atoms with E-state index in [1.165, 1.54) is 0 Å². The Morgan fingerprint density at radius 2 is 1.62 bits per heavy atom. The number of aryl methyl sites for hydroxylation is 1. The molecule has 154 valence electrons. The molecule has 6 nitrogen and oxygen atoms in total. The third-order valence-electron chi connectivity index (χ3n) is 4.63. The fourth-order valence-corrected chi connectivity index (χ4v) is 2.97. The Balaban J connectivity index is 1.90. The summed E-state index contributed by atoms with van der Waals surface area (Å²) in [4.78, 5) is 36.4. The molecule has 0 fully saturated rings. The highest BCUT2D eigenvalue weighted by molar-refractivity contribution is 5.89. The van der Waals surface area contributed by atoms with E-state index in [-0.39, 0.29) is 29.9 Å². The summed E-state index contributed by atoms with van der Waals surface area (Å²) >= 11 is 0. The zero-order valence-electron chi connectivity index (χ0n) is 16.8. The van der Waals surface area contributed by atoms with Crippen LogP contribution in [0.25, 0.3) is 0 Å². The largest absolute Gasteiger partial charge is 0.508 e. The minimum atomic E-state index is -0.722. The summed E-state index contributed by atoms with van der Waals surface area (Å²) in [6.45, 7) is 3.69. The maximum absolute atomic E-state index is 12.7. The number of hydrogen-bond acceptors (Lipinski definition) is 4. The Labute approximate surface area is 171 Å². The van der Waals surface area contributed by atoms with Gasteiger partial charge in [0, 0.05) is 6.42 Å².